The van der Waals surface area contributed by atoms with Crippen molar-refractivity contribution in [3.63, 3.8) is 0 Å². The number of ether oxygens (including phenoxy) is 2. The predicted molar refractivity (Wildman–Crippen MR) is 91.1 cm³/mol. The molecule has 5 nitrogen and oxygen atoms in total. The number of phenols is 1. The summed E-state index contributed by atoms with van der Waals surface area (Å²) in [5.41, 5.74) is 2.41. The summed E-state index contributed by atoms with van der Waals surface area (Å²) < 4.78 is 10.5. The minimum Gasteiger partial charge on any atom is -0.504 e. The Hall–Kier alpha value is -2.69. The summed E-state index contributed by atoms with van der Waals surface area (Å²) in [5.74, 6) is -0.483. The minimum absolute atomic E-state index is 0.0328. The van der Waals surface area contributed by atoms with Gasteiger partial charge in [-0.25, -0.2) is 0 Å². The first-order valence-corrected chi connectivity index (χ1v) is 7.78. The summed E-state index contributed by atoms with van der Waals surface area (Å²) in [6, 6.07) is 10.3. The van der Waals surface area contributed by atoms with Crippen molar-refractivity contribution in [2.24, 2.45) is 0 Å². The highest BCUT2D eigenvalue weighted by atomic mass is 16.5. The number of hydrogen-bond donors (Lipinski definition) is 2. The van der Waals surface area contributed by atoms with E-state index in [1.165, 1.54) is 13.2 Å². The Morgan fingerprint density at radius 3 is 2.54 bits per heavy atom. The van der Waals surface area contributed by atoms with Gasteiger partial charge < -0.3 is 19.7 Å². The zero-order valence-electron chi connectivity index (χ0n) is 14.1. The molecular formula is C19H22O5. The lowest BCUT2D eigenvalue weighted by atomic mass is 9.89. The third-order valence-corrected chi connectivity index (χ3v) is 3.91. The molecule has 0 heterocycles. The Morgan fingerprint density at radius 1 is 1.21 bits per heavy atom. The highest BCUT2D eigenvalue weighted by Crippen LogP contribution is 2.31. The van der Waals surface area contributed by atoms with Gasteiger partial charge in [0.25, 0.3) is 0 Å². The molecule has 2 rings (SSSR count). The second-order valence-corrected chi connectivity index (χ2v) is 5.55. The van der Waals surface area contributed by atoms with Crippen molar-refractivity contribution in [1.82, 2.24) is 0 Å². The lowest BCUT2D eigenvalue weighted by Gasteiger charge is -2.17. The van der Waals surface area contributed by atoms with E-state index in [4.69, 9.17) is 9.47 Å². The van der Waals surface area contributed by atoms with Crippen molar-refractivity contribution in [2.75, 3.05) is 13.7 Å². The zero-order chi connectivity index (χ0) is 17.7. The molecule has 0 saturated heterocycles. The number of aromatic hydroxyl groups is 1. The Bertz CT molecular complexity index is 724. The fraction of sp³-hybridized carbons (Fsp3) is 0.316. The lowest BCUT2D eigenvalue weighted by Crippen LogP contribution is -2.16. The van der Waals surface area contributed by atoms with Crippen LogP contribution in [0.5, 0.6) is 17.2 Å². The van der Waals surface area contributed by atoms with Crippen LogP contribution in [0, 0.1) is 6.92 Å². The first-order chi connectivity index (χ1) is 11.5. The SMILES string of the molecule is CCOc1ccc(C(Cc2ccc(O)c(OC)c2)C(=O)O)c(C)c1. The average Bonchev–Trinajstić information content (AvgIpc) is 2.55. The number of carboxylic acid groups (broad SMARTS) is 1. The van der Waals surface area contributed by atoms with Crippen molar-refractivity contribution in [1.29, 1.82) is 0 Å². The molecule has 0 amide bonds. The molecule has 0 bridgehead atoms. The monoisotopic (exact) mass is 330 g/mol. The van der Waals surface area contributed by atoms with Crippen LogP contribution in [0.2, 0.25) is 0 Å². The first-order valence-electron chi connectivity index (χ1n) is 7.78. The number of carboxylic acids is 1. The number of methoxy groups -OCH3 is 1. The molecule has 0 aliphatic carbocycles. The van der Waals surface area contributed by atoms with Crippen LogP contribution < -0.4 is 9.47 Å². The number of aryl methyl sites for hydroxylation is 1. The fourth-order valence-electron chi connectivity index (χ4n) is 2.71. The van der Waals surface area contributed by atoms with Gasteiger partial charge in [0.2, 0.25) is 0 Å². The Morgan fingerprint density at radius 2 is 1.96 bits per heavy atom. The van der Waals surface area contributed by atoms with Crippen LogP contribution >= 0.6 is 0 Å². The number of hydrogen-bond acceptors (Lipinski definition) is 4. The smallest absolute Gasteiger partial charge is 0.311 e. The van der Waals surface area contributed by atoms with Crippen LogP contribution in [0.4, 0.5) is 0 Å². The molecule has 2 N–H and O–H groups in total. The van der Waals surface area contributed by atoms with Gasteiger partial charge in [0.15, 0.2) is 11.5 Å². The van der Waals surface area contributed by atoms with Crippen LogP contribution in [0.15, 0.2) is 36.4 Å². The number of aliphatic carboxylic acids is 1. The van der Waals surface area contributed by atoms with Crippen LogP contribution in [0.1, 0.15) is 29.5 Å². The summed E-state index contributed by atoms with van der Waals surface area (Å²) in [4.78, 5) is 11.8. The van der Waals surface area contributed by atoms with Gasteiger partial charge in [-0.1, -0.05) is 12.1 Å². The maximum atomic E-state index is 11.8. The van der Waals surface area contributed by atoms with Crippen LogP contribution in [-0.4, -0.2) is 29.9 Å². The molecule has 0 aromatic heterocycles. The summed E-state index contributed by atoms with van der Waals surface area (Å²) in [7, 11) is 1.46. The van der Waals surface area contributed by atoms with Crippen molar-refractivity contribution < 1.29 is 24.5 Å². The number of phenolic OH excluding ortho intramolecular Hbond substituents is 1. The summed E-state index contributed by atoms with van der Waals surface area (Å²) in [5, 5.41) is 19.3. The van der Waals surface area contributed by atoms with Gasteiger partial charge in [-0.2, -0.15) is 0 Å². The van der Waals surface area contributed by atoms with Gasteiger partial charge in [0.05, 0.1) is 19.6 Å². The fourth-order valence-corrected chi connectivity index (χ4v) is 2.71. The number of rotatable bonds is 7. The summed E-state index contributed by atoms with van der Waals surface area (Å²) in [6.45, 7) is 4.35. The molecule has 0 radical (unpaired) electrons. The first kappa shape index (κ1) is 17.7. The topological polar surface area (TPSA) is 76.0 Å². The maximum absolute atomic E-state index is 11.8. The normalized spacial score (nSPS) is 11.8. The molecule has 2 aromatic carbocycles. The van der Waals surface area contributed by atoms with Crippen molar-refractivity contribution >= 4 is 5.97 Å². The van der Waals surface area contributed by atoms with Gasteiger partial charge in [0.1, 0.15) is 5.75 Å². The standard InChI is InChI=1S/C19H22O5/c1-4-24-14-6-7-15(12(2)9-14)16(19(21)22)10-13-5-8-17(20)18(11-13)23-3/h5-9,11,16,20H,4,10H2,1-3H3,(H,21,22). The third kappa shape index (κ3) is 3.98. The van der Waals surface area contributed by atoms with E-state index in [2.05, 4.69) is 0 Å². The van der Waals surface area contributed by atoms with E-state index in [0.29, 0.717) is 18.8 Å². The molecule has 24 heavy (non-hydrogen) atoms. The molecule has 1 unspecified atom stereocenters. The molecule has 0 aliphatic rings. The average molecular weight is 330 g/mol. The number of benzene rings is 2. The van der Waals surface area contributed by atoms with Crippen molar-refractivity contribution in [2.45, 2.75) is 26.2 Å². The van der Waals surface area contributed by atoms with E-state index in [1.807, 2.05) is 19.9 Å². The largest absolute Gasteiger partial charge is 0.504 e. The second-order valence-electron chi connectivity index (χ2n) is 5.55. The Kier molecular flexibility index (Phi) is 5.68. The molecular weight excluding hydrogens is 308 g/mol. The van der Waals surface area contributed by atoms with Gasteiger partial charge in [0, 0.05) is 0 Å². The van der Waals surface area contributed by atoms with E-state index in [0.717, 1.165) is 22.4 Å². The summed E-state index contributed by atoms with van der Waals surface area (Å²) >= 11 is 0. The molecule has 1 atom stereocenters. The Balaban J connectivity index is 2.32. The third-order valence-electron chi connectivity index (χ3n) is 3.91. The summed E-state index contributed by atoms with van der Waals surface area (Å²) in [6.07, 6.45) is 0.306. The van der Waals surface area contributed by atoms with Gasteiger partial charge in [-0.05, 0) is 61.2 Å². The zero-order valence-corrected chi connectivity index (χ0v) is 14.1. The van der Waals surface area contributed by atoms with Gasteiger partial charge in [-0.3, -0.25) is 4.79 Å². The molecule has 128 valence electrons. The van der Waals surface area contributed by atoms with Crippen LogP contribution in [0.25, 0.3) is 0 Å². The molecule has 0 fully saturated rings. The van der Waals surface area contributed by atoms with Gasteiger partial charge >= 0.3 is 5.97 Å². The highest BCUT2D eigenvalue weighted by Gasteiger charge is 2.23. The molecule has 5 heteroatoms. The quantitative estimate of drug-likeness (QED) is 0.812. The van der Waals surface area contributed by atoms with E-state index in [9.17, 15) is 15.0 Å². The van der Waals surface area contributed by atoms with Crippen molar-refractivity contribution in [3.8, 4) is 17.2 Å². The molecule has 0 aliphatic heterocycles. The van der Waals surface area contributed by atoms with E-state index >= 15 is 0 Å². The van der Waals surface area contributed by atoms with Gasteiger partial charge in [-0.15, -0.1) is 0 Å². The highest BCUT2D eigenvalue weighted by molar-refractivity contribution is 5.77. The molecule has 2 aromatic rings. The predicted octanol–water partition coefficient (Wildman–Crippen LogP) is 3.52. The van der Waals surface area contributed by atoms with Crippen LogP contribution in [-0.2, 0) is 11.2 Å². The minimum atomic E-state index is -0.894. The van der Waals surface area contributed by atoms with Crippen molar-refractivity contribution in [3.05, 3.63) is 53.1 Å². The molecule has 0 saturated carbocycles. The maximum Gasteiger partial charge on any atom is 0.311 e. The van der Waals surface area contributed by atoms with Crippen LogP contribution in [0.3, 0.4) is 0 Å². The lowest BCUT2D eigenvalue weighted by molar-refractivity contribution is -0.138. The molecule has 0 spiro atoms. The van der Waals surface area contributed by atoms with E-state index < -0.39 is 11.9 Å². The van der Waals surface area contributed by atoms with E-state index in [1.54, 1.807) is 24.3 Å². The van der Waals surface area contributed by atoms with E-state index in [-0.39, 0.29) is 5.75 Å². The second kappa shape index (κ2) is 7.73. The number of carbonyl (C=O) groups is 1. The Labute approximate surface area is 141 Å².